The Hall–Kier alpha value is -3.69. The molecule has 9 heteroatoms. The number of carbonyl (C=O) groups excluding carboxylic acids is 1. The summed E-state index contributed by atoms with van der Waals surface area (Å²) in [6.45, 7) is 4.07. The number of rotatable bonds is 7. The number of pyridine rings is 1. The van der Waals surface area contributed by atoms with Gasteiger partial charge in [-0.25, -0.2) is 13.2 Å². The minimum atomic E-state index is -2.69. The van der Waals surface area contributed by atoms with Crippen LogP contribution < -0.4 is 10.9 Å². The highest BCUT2D eigenvalue weighted by molar-refractivity contribution is 7.17. The van der Waals surface area contributed by atoms with Crippen molar-refractivity contribution in [2.45, 2.75) is 50.6 Å². The van der Waals surface area contributed by atoms with Crippen LogP contribution in [0.1, 0.15) is 65.7 Å². The molecule has 3 aliphatic rings. The number of amides is 1. The number of aromatic nitrogens is 1. The molecule has 1 N–H and O–H groups in total. The van der Waals surface area contributed by atoms with E-state index in [9.17, 15) is 22.8 Å². The minimum Gasteiger partial charge on any atom is -0.345 e. The van der Waals surface area contributed by atoms with Gasteiger partial charge in [-0.1, -0.05) is 42.0 Å². The van der Waals surface area contributed by atoms with E-state index in [2.05, 4.69) is 17.3 Å². The van der Waals surface area contributed by atoms with Crippen LogP contribution >= 0.6 is 11.3 Å². The van der Waals surface area contributed by atoms with Crippen LogP contribution in [0.15, 0.2) is 76.5 Å². The summed E-state index contributed by atoms with van der Waals surface area (Å²) in [7, 11) is 2.14. The van der Waals surface area contributed by atoms with Gasteiger partial charge in [-0.05, 0) is 85.5 Å². The zero-order valence-corrected chi connectivity index (χ0v) is 24.8. The van der Waals surface area contributed by atoms with Crippen LogP contribution in [-0.2, 0) is 5.54 Å². The summed E-state index contributed by atoms with van der Waals surface area (Å²) in [5, 5.41) is 5.00. The Labute approximate surface area is 251 Å². The van der Waals surface area contributed by atoms with Crippen molar-refractivity contribution in [2.75, 3.05) is 20.1 Å². The molecule has 0 bridgehead atoms. The van der Waals surface area contributed by atoms with Crippen LogP contribution in [0.2, 0.25) is 0 Å². The number of thiophene rings is 1. The molecule has 222 valence electrons. The molecule has 1 saturated heterocycles. The summed E-state index contributed by atoms with van der Waals surface area (Å²) in [6.07, 6.45) is 1.10. The van der Waals surface area contributed by atoms with E-state index in [0.29, 0.717) is 10.1 Å². The van der Waals surface area contributed by atoms with Gasteiger partial charge in [0.15, 0.2) is 0 Å². The Kier molecular flexibility index (Phi) is 6.67. The molecule has 2 saturated carbocycles. The first kappa shape index (κ1) is 28.1. The van der Waals surface area contributed by atoms with E-state index in [0.717, 1.165) is 52.8 Å². The zero-order chi connectivity index (χ0) is 30.1. The second-order valence-corrected chi connectivity index (χ2v) is 13.5. The van der Waals surface area contributed by atoms with Crippen molar-refractivity contribution in [3.8, 4) is 0 Å². The summed E-state index contributed by atoms with van der Waals surface area (Å²) in [5.41, 5.74) is 3.99. The Morgan fingerprint density at radius 2 is 1.60 bits per heavy atom. The number of nitrogens with zero attached hydrogens (tertiary/aromatic N) is 2. The maximum atomic E-state index is 13.9. The van der Waals surface area contributed by atoms with E-state index in [-0.39, 0.29) is 35.7 Å². The molecule has 3 fully saturated rings. The summed E-state index contributed by atoms with van der Waals surface area (Å²) in [4.78, 5) is 28.9. The fourth-order valence-electron chi connectivity index (χ4n) is 7.09. The van der Waals surface area contributed by atoms with Crippen LogP contribution in [0, 0.1) is 11.2 Å². The lowest BCUT2D eigenvalue weighted by Crippen LogP contribution is -2.58. The van der Waals surface area contributed by atoms with E-state index in [1.54, 1.807) is 11.4 Å². The van der Waals surface area contributed by atoms with Gasteiger partial charge in [0.25, 0.3) is 17.9 Å². The van der Waals surface area contributed by atoms with E-state index in [1.165, 1.54) is 35.2 Å². The monoisotopic (exact) mass is 603 g/mol. The maximum absolute atomic E-state index is 13.9. The molecule has 1 atom stereocenters. The molecule has 2 aromatic carbocycles. The molecular weight excluding hydrogens is 571 g/mol. The number of alkyl halides is 2. The molecule has 4 aromatic rings. The fourth-order valence-corrected chi connectivity index (χ4v) is 7.98. The lowest BCUT2D eigenvalue weighted by atomic mass is 9.59. The second kappa shape index (κ2) is 10.2. The largest absolute Gasteiger partial charge is 0.345 e. The topological polar surface area (TPSA) is 54.3 Å². The molecule has 2 aliphatic carbocycles. The van der Waals surface area contributed by atoms with Crippen molar-refractivity contribution in [3.05, 3.63) is 110 Å². The number of nitrogens with one attached hydrogen (secondary N) is 1. The van der Waals surface area contributed by atoms with Gasteiger partial charge in [0.2, 0.25) is 0 Å². The Bertz CT molecular complexity index is 1800. The van der Waals surface area contributed by atoms with E-state index in [4.69, 9.17) is 0 Å². The molecule has 7 rings (SSSR count). The molecule has 0 radical (unpaired) electrons. The first-order chi connectivity index (χ1) is 20.6. The Balaban J connectivity index is 1.15. The number of fused-ring (bicyclic) bond motifs is 1. The lowest BCUT2D eigenvalue weighted by molar-refractivity contribution is -0.0106. The van der Waals surface area contributed by atoms with E-state index >= 15 is 0 Å². The molecule has 3 heterocycles. The Morgan fingerprint density at radius 1 is 0.977 bits per heavy atom. The molecule has 1 amide bonds. The standard InChI is InChI=1S/C34H32F3N3O2S/c1-20(38-30(41)27-17-40(34(12-13-34)32(36)37)31(42)26-11-14-43-29(26)27)21-3-5-22(6-4-21)28(23-7-9-25(35)10-8-23)24-15-33(16-24)18-39(2)19-33/h3-11,14,17,20,32H,12-13,15-16,18-19H2,1-2H3,(H,38,41)/t20-/m1/s1. The van der Waals surface area contributed by atoms with Gasteiger partial charge in [-0.3, -0.25) is 9.59 Å². The molecular formula is C34H32F3N3O2S. The van der Waals surface area contributed by atoms with E-state index in [1.807, 2.05) is 43.3 Å². The molecule has 1 aliphatic heterocycles. The van der Waals surface area contributed by atoms with Crippen molar-refractivity contribution < 1.29 is 18.0 Å². The molecule has 1 spiro atoms. The summed E-state index contributed by atoms with van der Waals surface area (Å²) >= 11 is 1.25. The number of hydrogen-bond acceptors (Lipinski definition) is 4. The van der Waals surface area contributed by atoms with Crippen molar-refractivity contribution in [1.82, 2.24) is 14.8 Å². The maximum Gasteiger partial charge on any atom is 0.261 e. The number of halogens is 3. The van der Waals surface area contributed by atoms with Gasteiger partial charge >= 0.3 is 0 Å². The van der Waals surface area contributed by atoms with E-state index < -0.39 is 23.4 Å². The Morgan fingerprint density at radius 3 is 2.19 bits per heavy atom. The predicted molar refractivity (Wildman–Crippen MR) is 163 cm³/mol. The number of carbonyl (C=O) groups is 1. The molecule has 43 heavy (non-hydrogen) atoms. The average Bonchev–Trinajstić information content (AvgIpc) is 3.61. The zero-order valence-electron chi connectivity index (χ0n) is 24.0. The van der Waals surface area contributed by atoms with Crippen LogP contribution in [-0.4, -0.2) is 41.9 Å². The van der Waals surface area contributed by atoms with Gasteiger partial charge in [-0.2, -0.15) is 0 Å². The highest BCUT2D eigenvalue weighted by Crippen LogP contribution is 2.54. The van der Waals surface area contributed by atoms with Gasteiger partial charge in [-0.15, -0.1) is 11.3 Å². The van der Waals surface area contributed by atoms with Crippen molar-refractivity contribution >= 4 is 32.9 Å². The second-order valence-electron chi connectivity index (χ2n) is 12.6. The van der Waals surface area contributed by atoms with Crippen molar-refractivity contribution in [2.24, 2.45) is 5.41 Å². The van der Waals surface area contributed by atoms with Crippen molar-refractivity contribution in [3.63, 3.8) is 0 Å². The number of benzene rings is 2. The summed E-state index contributed by atoms with van der Waals surface area (Å²) in [6, 6.07) is 15.9. The molecule has 0 unspecified atom stereocenters. The summed E-state index contributed by atoms with van der Waals surface area (Å²) < 4.78 is 43.2. The summed E-state index contributed by atoms with van der Waals surface area (Å²) in [5.74, 6) is -0.683. The van der Waals surface area contributed by atoms with Gasteiger partial charge in [0.05, 0.1) is 21.7 Å². The number of likely N-dealkylation sites (tertiary alicyclic amines) is 1. The third kappa shape index (κ3) is 4.73. The van der Waals surface area contributed by atoms with Crippen LogP contribution in [0.5, 0.6) is 0 Å². The first-order valence-electron chi connectivity index (χ1n) is 14.6. The van der Waals surface area contributed by atoms with Crippen LogP contribution in [0.25, 0.3) is 15.7 Å². The molecule has 5 nitrogen and oxygen atoms in total. The van der Waals surface area contributed by atoms with Gasteiger partial charge in [0, 0.05) is 24.7 Å². The molecule has 2 aromatic heterocycles. The SMILES string of the molecule is C[C@@H](NC(=O)c1cn(C2(C(F)F)CC2)c(=O)c2ccsc12)c1ccc(C(=C2CC3(C2)CN(C)C3)c2ccc(F)cc2)cc1. The lowest BCUT2D eigenvalue weighted by Gasteiger charge is -2.56. The number of allylic oxidation sites excluding steroid dienone is 1. The quantitative estimate of drug-likeness (QED) is 0.248. The predicted octanol–water partition coefficient (Wildman–Crippen LogP) is 6.97. The normalized spacial score (nSPS) is 19.3. The average molecular weight is 604 g/mol. The third-order valence-corrected chi connectivity index (χ3v) is 10.4. The minimum absolute atomic E-state index is 0.206. The van der Waals surface area contributed by atoms with Crippen molar-refractivity contribution in [1.29, 1.82) is 0 Å². The first-order valence-corrected chi connectivity index (χ1v) is 15.5. The fraction of sp³-hybridized carbons (Fsp3) is 0.353. The smallest absolute Gasteiger partial charge is 0.261 e. The van der Waals surface area contributed by atoms with Crippen LogP contribution in [0.3, 0.4) is 0 Å². The highest BCUT2D eigenvalue weighted by atomic mass is 32.1. The third-order valence-electron chi connectivity index (χ3n) is 9.43. The number of hydrogen-bond donors (Lipinski definition) is 1. The van der Waals surface area contributed by atoms with Crippen LogP contribution in [0.4, 0.5) is 13.2 Å². The van der Waals surface area contributed by atoms with Gasteiger partial charge < -0.3 is 14.8 Å². The highest BCUT2D eigenvalue weighted by Gasteiger charge is 2.54. The van der Waals surface area contributed by atoms with Gasteiger partial charge in [0.1, 0.15) is 11.4 Å².